The second kappa shape index (κ2) is 6.06. The maximum absolute atomic E-state index is 6.23. The van der Waals surface area contributed by atoms with Crippen molar-refractivity contribution in [3.8, 4) is 0 Å². The van der Waals surface area contributed by atoms with Gasteiger partial charge >= 0.3 is 0 Å². The van der Waals surface area contributed by atoms with Crippen molar-refractivity contribution in [2.45, 2.75) is 58.1 Å². The van der Waals surface area contributed by atoms with E-state index in [0.29, 0.717) is 6.04 Å². The fourth-order valence-corrected chi connectivity index (χ4v) is 3.55. The van der Waals surface area contributed by atoms with Gasteiger partial charge in [-0.2, -0.15) is 0 Å². The maximum atomic E-state index is 6.23. The molecule has 1 saturated carbocycles. The van der Waals surface area contributed by atoms with Crippen molar-refractivity contribution >= 4 is 0 Å². The molecule has 0 saturated heterocycles. The van der Waals surface area contributed by atoms with Gasteiger partial charge in [-0.3, -0.25) is 0 Å². The largest absolute Gasteiger partial charge is 0.373 e. The van der Waals surface area contributed by atoms with Crippen molar-refractivity contribution in [1.82, 2.24) is 5.32 Å². The molecular formula is C17H27NO. The lowest BCUT2D eigenvalue weighted by atomic mass is 9.84. The van der Waals surface area contributed by atoms with Gasteiger partial charge in [0.1, 0.15) is 0 Å². The minimum Gasteiger partial charge on any atom is -0.373 e. The zero-order chi connectivity index (χ0) is 13.9. The smallest absolute Gasteiger partial charge is 0.0876 e. The highest BCUT2D eigenvalue weighted by atomic mass is 16.5. The van der Waals surface area contributed by atoms with E-state index in [1.54, 1.807) is 0 Å². The first kappa shape index (κ1) is 14.5. The van der Waals surface area contributed by atoms with Gasteiger partial charge in [0.05, 0.1) is 11.6 Å². The molecule has 0 aliphatic heterocycles. The fraction of sp³-hybridized carbons (Fsp3) is 0.647. The van der Waals surface area contributed by atoms with E-state index >= 15 is 0 Å². The maximum Gasteiger partial charge on any atom is 0.0876 e. The highest BCUT2D eigenvalue weighted by Crippen LogP contribution is 2.43. The van der Waals surface area contributed by atoms with E-state index in [0.717, 1.165) is 6.61 Å². The van der Waals surface area contributed by atoms with Crippen LogP contribution in [0.2, 0.25) is 0 Å². The van der Waals surface area contributed by atoms with E-state index in [2.05, 4.69) is 51.3 Å². The number of ether oxygens (including phenoxy) is 1. The van der Waals surface area contributed by atoms with Crippen molar-refractivity contribution in [2.75, 3.05) is 13.7 Å². The molecule has 0 spiro atoms. The van der Waals surface area contributed by atoms with Crippen LogP contribution in [0.1, 0.15) is 55.3 Å². The van der Waals surface area contributed by atoms with Crippen LogP contribution in [0.4, 0.5) is 0 Å². The molecule has 2 nitrogen and oxygen atoms in total. The summed E-state index contributed by atoms with van der Waals surface area (Å²) in [5.41, 5.74) is 4.07. The summed E-state index contributed by atoms with van der Waals surface area (Å²) in [6.07, 6.45) is 4.89. The molecule has 1 aromatic rings. The van der Waals surface area contributed by atoms with E-state index in [4.69, 9.17) is 4.74 Å². The number of hydrogen-bond donors (Lipinski definition) is 1. The zero-order valence-electron chi connectivity index (χ0n) is 12.8. The Morgan fingerprint density at radius 1 is 1.26 bits per heavy atom. The highest BCUT2D eigenvalue weighted by Gasteiger charge is 2.42. The number of hydrogen-bond acceptors (Lipinski definition) is 2. The molecule has 1 aliphatic rings. The van der Waals surface area contributed by atoms with Crippen LogP contribution in [0.3, 0.4) is 0 Å². The minimum atomic E-state index is -0.0119. The highest BCUT2D eigenvalue weighted by molar-refractivity contribution is 5.35. The van der Waals surface area contributed by atoms with Gasteiger partial charge < -0.3 is 10.1 Å². The van der Waals surface area contributed by atoms with Crippen LogP contribution in [0.5, 0.6) is 0 Å². The summed E-state index contributed by atoms with van der Waals surface area (Å²) >= 11 is 0. The number of likely N-dealkylation sites (N-methyl/N-ethyl adjacent to an activating group) is 1. The van der Waals surface area contributed by atoms with E-state index in [-0.39, 0.29) is 5.60 Å². The zero-order valence-corrected chi connectivity index (χ0v) is 12.8. The summed E-state index contributed by atoms with van der Waals surface area (Å²) in [4.78, 5) is 0. The first-order chi connectivity index (χ1) is 9.13. The molecule has 2 heteroatoms. The first-order valence-electron chi connectivity index (χ1n) is 7.51. The number of nitrogens with one attached hydrogen (secondary N) is 1. The van der Waals surface area contributed by atoms with Crippen molar-refractivity contribution in [3.63, 3.8) is 0 Å². The first-order valence-corrected chi connectivity index (χ1v) is 7.51. The van der Waals surface area contributed by atoms with Gasteiger partial charge in [-0.15, -0.1) is 0 Å². The Morgan fingerprint density at radius 3 is 2.53 bits per heavy atom. The molecule has 1 fully saturated rings. The Bertz CT molecular complexity index is 421. The average molecular weight is 261 g/mol. The molecule has 0 heterocycles. The Morgan fingerprint density at radius 2 is 1.95 bits per heavy atom. The van der Waals surface area contributed by atoms with E-state index in [1.165, 1.54) is 42.4 Å². The number of rotatable bonds is 5. The molecule has 0 bridgehead atoms. The summed E-state index contributed by atoms with van der Waals surface area (Å²) in [5, 5.41) is 3.53. The summed E-state index contributed by atoms with van der Waals surface area (Å²) in [5.74, 6) is 0. The molecule has 1 aliphatic carbocycles. The lowest BCUT2D eigenvalue weighted by Gasteiger charge is -2.38. The van der Waals surface area contributed by atoms with Gasteiger partial charge in [0, 0.05) is 6.61 Å². The molecule has 1 N–H and O–H groups in total. The van der Waals surface area contributed by atoms with E-state index in [9.17, 15) is 0 Å². The SMILES string of the molecule is CCOC1(C(NC)c2cc(C)ccc2C)CCCC1. The Labute approximate surface area is 117 Å². The van der Waals surface area contributed by atoms with Gasteiger partial charge in [0.2, 0.25) is 0 Å². The van der Waals surface area contributed by atoms with Crippen molar-refractivity contribution in [1.29, 1.82) is 0 Å². The van der Waals surface area contributed by atoms with E-state index in [1.807, 2.05) is 0 Å². The van der Waals surface area contributed by atoms with Gasteiger partial charge in [0.15, 0.2) is 0 Å². The topological polar surface area (TPSA) is 21.3 Å². The Hall–Kier alpha value is -0.860. The third kappa shape index (κ3) is 2.85. The molecule has 2 rings (SSSR count). The molecule has 106 valence electrons. The second-order valence-electron chi connectivity index (χ2n) is 5.79. The normalized spacial score (nSPS) is 19.6. The van der Waals surface area contributed by atoms with Crippen molar-refractivity contribution in [3.05, 3.63) is 34.9 Å². The third-order valence-corrected chi connectivity index (χ3v) is 4.44. The lowest BCUT2D eigenvalue weighted by molar-refractivity contribution is -0.0611. The summed E-state index contributed by atoms with van der Waals surface area (Å²) in [6, 6.07) is 7.03. The molecular weight excluding hydrogens is 234 g/mol. The van der Waals surface area contributed by atoms with Crippen LogP contribution in [-0.2, 0) is 4.74 Å². The minimum absolute atomic E-state index is 0.0119. The van der Waals surface area contributed by atoms with Gasteiger partial charge in [-0.25, -0.2) is 0 Å². The van der Waals surface area contributed by atoms with Crippen LogP contribution in [-0.4, -0.2) is 19.3 Å². The molecule has 0 radical (unpaired) electrons. The average Bonchev–Trinajstić information content (AvgIpc) is 2.84. The van der Waals surface area contributed by atoms with Crippen LogP contribution >= 0.6 is 0 Å². The predicted octanol–water partition coefficient (Wildman–Crippen LogP) is 3.91. The van der Waals surface area contributed by atoms with Crippen LogP contribution in [0, 0.1) is 13.8 Å². The standard InChI is InChI=1S/C17H27NO/c1-5-19-17(10-6-7-11-17)16(18-4)15-12-13(2)8-9-14(15)3/h8-9,12,16,18H,5-7,10-11H2,1-4H3. The number of benzene rings is 1. The Balaban J connectivity index is 2.39. The molecule has 1 unspecified atom stereocenters. The Kier molecular flexibility index (Phi) is 4.64. The predicted molar refractivity (Wildman–Crippen MR) is 80.5 cm³/mol. The van der Waals surface area contributed by atoms with Crippen molar-refractivity contribution < 1.29 is 4.74 Å². The van der Waals surface area contributed by atoms with Gasteiger partial charge in [0.25, 0.3) is 0 Å². The quantitative estimate of drug-likeness (QED) is 0.867. The number of aryl methyl sites for hydroxylation is 2. The summed E-state index contributed by atoms with van der Waals surface area (Å²) in [7, 11) is 2.06. The van der Waals surface area contributed by atoms with Crippen molar-refractivity contribution in [2.24, 2.45) is 0 Å². The van der Waals surface area contributed by atoms with Crippen LogP contribution < -0.4 is 5.32 Å². The molecule has 0 aromatic heterocycles. The fourth-order valence-electron chi connectivity index (χ4n) is 3.55. The van der Waals surface area contributed by atoms with E-state index < -0.39 is 0 Å². The summed E-state index contributed by atoms with van der Waals surface area (Å²) < 4.78 is 6.23. The van der Waals surface area contributed by atoms with Crippen LogP contribution in [0.25, 0.3) is 0 Å². The molecule has 19 heavy (non-hydrogen) atoms. The summed E-state index contributed by atoms with van der Waals surface area (Å²) in [6.45, 7) is 7.27. The molecule has 0 amide bonds. The molecule has 1 atom stereocenters. The monoisotopic (exact) mass is 261 g/mol. The van der Waals surface area contributed by atoms with Gasteiger partial charge in [-0.05, 0) is 51.8 Å². The molecule has 1 aromatic carbocycles. The third-order valence-electron chi connectivity index (χ3n) is 4.44. The second-order valence-corrected chi connectivity index (χ2v) is 5.79. The van der Waals surface area contributed by atoms with Gasteiger partial charge in [-0.1, -0.05) is 36.6 Å². The van der Waals surface area contributed by atoms with Crippen LogP contribution in [0.15, 0.2) is 18.2 Å². The lowest BCUT2D eigenvalue weighted by Crippen LogP contribution is -2.43.